The fourth-order valence-electron chi connectivity index (χ4n) is 11.3. The van der Waals surface area contributed by atoms with Crippen molar-refractivity contribution in [3.63, 3.8) is 0 Å². The highest BCUT2D eigenvalue weighted by Gasteiger charge is 2.54. The minimum atomic E-state index is -3.70. The maximum atomic E-state index is 15.8. The van der Waals surface area contributed by atoms with Crippen molar-refractivity contribution < 1.29 is 36.3 Å². The molecule has 15 heteroatoms. The highest BCUT2D eigenvalue weighted by molar-refractivity contribution is 7.92. The van der Waals surface area contributed by atoms with Gasteiger partial charge in [0.1, 0.15) is 11.1 Å². The summed E-state index contributed by atoms with van der Waals surface area (Å²) < 4.78 is 73.4. The Morgan fingerprint density at radius 2 is 1.57 bits per heavy atom. The third-order valence-electron chi connectivity index (χ3n) is 14.7. The molecule has 1 saturated carbocycles. The van der Waals surface area contributed by atoms with E-state index in [9.17, 15) is 27.5 Å². The van der Waals surface area contributed by atoms with E-state index in [2.05, 4.69) is 20.0 Å². The number of carbonyl (C=O) groups is 2. The molecule has 8 rings (SSSR count). The van der Waals surface area contributed by atoms with Crippen LogP contribution < -0.4 is 10.2 Å². The number of anilines is 1. The summed E-state index contributed by atoms with van der Waals surface area (Å²) in [6, 6.07) is 12.8. The molecule has 5 heterocycles. The molecule has 4 atom stereocenters. The Hall–Kier alpha value is -3.66. The van der Waals surface area contributed by atoms with Crippen LogP contribution in [0.2, 0.25) is 0 Å². The van der Waals surface area contributed by atoms with Crippen LogP contribution in [-0.4, -0.2) is 147 Å². The van der Waals surface area contributed by atoms with Crippen LogP contribution in [0.5, 0.6) is 0 Å². The molecule has 0 radical (unpaired) electrons. The van der Waals surface area contributed by atoms with Gasteiger partial charge in [0.25, 0.3) is 5.92 Å². The number of amides is 2. The van der Waals surface area contributed by atoms with Crippen molar-refractivity contribution in [1.29, 1.82) is 0 Å². The lowest BCUT2D eigenvalue weighted by atomic mass is 9.57. The van der Waals surface area contributed by atoms with Crippen molar-refractivity contribution in [2.45, 2.75) is 85.3 Å². The van der Waals surface area contributed by atoms with Gasteiger partial charge in [0.2, 0.25) is 5.91 Å². The summed E-state index contributed by atoms with van der Waals surface area (Å²) in [5.41, 5.74) is 0.960. The third-order valence-corrected chi connectivity index (χ3v) is 16.8. The molecule has 5 saturated heterocycles. The SMILES string of the molecule is O=C(O)N[C@H]1CCC[C@@H]1C(CN1CCC1)(c1cccc(F)c1)C1CCN(C[C@H]2CN(c3ccc(S(=O)(=O)C4CN(C(=O)/C=C/CN5CCCCC5)C4)cc3)CC2(F)F)CC1. The Morgan fingerprint density at radius 3 is 2.23 bits per heavy atom. The van der Waals surface area contributed by atoms with Gasteiger partial charge in [-0.3, -0.25) is 9.69 Å². The lowest BCUT2D eigenvalue weighted by molar-refractivity contribution is -0.129. The fraction of sp³-hybridized carbons (Fsp3) is 0.644. The number of piperidine rings is 2. The molecule has 6 aliphatic rings. The van der Waals surface area contributed by atoms with Crippen LogP contribution in [0.1, 0.15) is 63.4 Å². The Kier molecular flexibility index (Phi) is 12.9. The highest BCUT2D eigenvalue weighted by atomic mass is 32.2. The Labute approximate surface area is 352 Å². The van der Waals surface area contributed by atoms with Crippen molar-refractivity contribution in [1.82, 2.24) is 24.9 Å². The van der Waals surface area contributed by atoms with Crippen LogP contribution >= 0.6 is 0 Å². The Bertz CT molecular complexity index is 1960. The minimum Gasteiger partial charge on any atom is -0.465 e. The van der Waals surface area contributed by atoms with Gasteiger partial charge in [0.05, 0.1) is 17.4 Å². The summed E-state index contributed by atoms with van der Waals surface area (Å²) >= 11 is 0. The minimum absolute atomic E-state index is 0.0178. The zero-order valence-electron chi connectivity index (χ0n) is 34.6. The lowest BCUT2D eigenvalue weighted by Gasteiger charge is -2.53. The number of halogens is 3. The van der Waals surface area contributed by atoms with Gasteiger partial charge in [-0.1, -0.05) is 31.1 Å². The summed E-state index contributed by atoms with van der Waals surface area (Å²) in [6.45, 7) is 6.77. The number of alkyl halides is 2. The van der Waals surface area contributed by atoms with E-state index in [0.29, 0.717) is 25.3 Å². The van der Waals surface area contributed by atoms with Crippen molar-refractivity contribution in [3.8, 4) is 0 Å². The number of nitrogens with one attached hydrogen (secondary N) is 1. The van der Waals surface area contributed by atoms with E-state index in [4.69, 9.17) is 0 Å². The van der Waals surface area contributed by atoms with Crippen LogP contribution in [0.15, 0.2) is 65.6 Å². The maximum absolute atomic E-state index is 15.8. The summed E-state index contributed by atoms with van der Waals surface area (Å²) in [4.78, 5) is 34.8. The normalized spacial score (nSPS) is 27.1. The number of likely N-dealkylation sites (tertiary alicyclic amines) is 4. The second-order valence-corrected chi connectivity index (χ2v) is 20.6. The number of rotatable bonds is 14. The third kappa shape index (κ3) is 9.10. The predicted octanol–water partition coefficient (Wildman–Crippen LogP) is 5.72. The largest absolute Gasteiger partial charge is 0.465 e. The first-order valence-corrected chi connectivity index (χ1v) is 23.7. The number of sulfone groups is 1. The number of carboxylic acid groups (broad SMARTS) is 1. The number of hydrogen-bond donors (Lipinski definition) is 2. The summed E-state index contributed by atoms with van der Waals surface area (Å²) in [6.07, 6.45) is 10.9. The number of benzene rings is 2. The van der Waals surface area contributed by atoms with Crippen LogP contribution in [0.3, 0.4) is 0 Å². The monoisotopic (exact) mass is 854 g/mol. The maximum Gasteiger partial charge on any atom is 0.404 e. The van der Waals surface area contributed by atoms with E-state index in [1.165, 1.54) is 48.4 Å². The highest BCUT2D eigenvalue weighted by Crippen LogP contribution is 2.52. The lowest BCUT2D eigenvalue weighted by Crippen LogP contribution is -2.59. The molecule has 5 aliphatic heterocycles. The average molecular weight is 855 g/mol. The smallest absolute Gasteiger partial charge is 0.404 e. The van der Waals surface area contributed by atoms with Crippen LogP contribution in [0.25, 0.3) is 0 Å². The second-order valence-electron chi connectivity index (χ2n) is 18.4. The Morgan fingerprint density at radius 1 is 0.850 bits per heavy atom. The van der Waals surface area contributed by atoms with E-state index in [1.54, 1.807) is 29.2 Å². The summed E-state index contributed by atoms with van der Waals surface area (Å²) in [7, 11) is -3.70. The molecule has 60 heavy (non-hydrogen) atoms. The molecule has 2 aromatic carbocycles. The zero-order valence-corrected chi connectivity index (χ0v) is 35.4. The number of nitrogens with zero attached hydrogens (tertiary/aromatic N) is 5. The molecular formula is C45H61F3N6O5S. The fourth-order valence-corrected chi connectivity index (χ4v) is 12.9. The van der Waals surface area contributed by atoms with Crippen molar-refractivity contribution in [2.24, 2.45) is 17.8 Å². The first-order valence-electron chi connectivity index (χ1n) is 22.2. The Balaban J connectivity index is 0.883. The van der Waals surface area contributed by atoms with Gasteiger partial charge in [0.15, 0.2) is 9.84 Å². The van der Waals surface area contributed by atoms with E-state index < -0.39 is 45.0 Å². The van der Waals surface area contributed by atoms with E-state index >= 15 is 8.78 Å². The molecule has 2 N–H and O–H groups in total. The molecule has 0 aromatic heterocycles. The first kappa shape index (κ1) is 43.0. The summed E-state index contributed by atoms with van der Waals surface area (Å²) in [5, 5.41) is 11.9. The molecule has 0 spiro atoms. The quantitative estimate of drug-likeness (QED) is 0.231. The summed E-state index contributed by atoms with van der Waals surface area (Å²) in [5.74, 6) is -4.27. The molecular weight excluding hydrogens is 794 g/mol. The van der Waals surface area contributed by atoms with Gasteiger partial charge in [-0.25, -0.2) is 26.4 Å². The first-order chi connectivity index (χ1) is 28.8. The van der Waals surface area contributed by atoms with Crippen molar-refractivity contribution in [3.05, 3.63) is 72.1 Å². The van der Waals surface area contributed by atoms with Gasteiger partial charge >= 0.3 is 6.09 Å². The molecule has 11 nitrogen and oxygen atoms in total. The predicted molar refractivity (Wildman–Crippen MR) is 225 cm³/mol. The van der Waals surface area contributed by atoms with Crippen LogP contribution in [0.4, 0.5) is 23.7 Å². The molecule has 6 fully saturated rings. The van der Waals surface area contributed by atoms with Crippen molar-refractivity contribution in [2.75, 3.05) is 90.0 Å². The molecule has 2 amide bonds. The average Bonchev–Trinajstić information content (AvgIpc) is 3.77. The molecule has 0 bridgehead atoms. The molecule has 2 aromatic rings. The van der Waals surface area contributed by atoms with Crippen LogP contribution in [-0.2, 0) is 20.0 Å². The second kappa shape index (κ2) is 18.0. The van der Waals surface area contributed by atoms with E-state index in [-0.39, 0.29) is 60.7 Å². The van der Waals surface area contributed by atoms with Gasteiger partial charge < -0.3 is 30.0 Å². The zero-order chi connectivity index (χ0) is 42.1. The van der Waals surface area contributed by atoms with Gasteiger partial charge in [-0.15, -0.1) is 0 Å². The van der Waals surface area contributed by atoms with Gasteiger partial charge in [-0.2, -0.15) is 0 Å². The number of carbonyl (C=O) groups excluding carboxylic acids is 1. The van der Waals surface area contributed by atoms with Crippen molar-refractivity contribution >= 4 is 27.5 Å². The van der Waals surface area contributed by atoms with Gasteiger partial charge in [-0.05, 0) is 138 Å². The molecule has 1 unspecified atom stereocenters. The topological polar surface area (TPSA) is 117 Å². The standard InChI is InChI=1S/C45H61F3N6O5S/c46-36-9-4-8-34(26-36)44(31-52-22-7-23-52,40-10-5-11-41(40)49-43(56)57)33-17-24-51(25-18-33)27-35-28-54(32-45(35,47)48)37-13-15-38(16-14-37)60(58,59)39-29-53(30-39)42(55)12-6-21-50-19-2-1-3-20-50/h4,6,8-9,12-16,26,33,35,39-41,49H,1-3,5,7,10-11,17-25,27-32H2,(H,56,57)/b12-6+/t35-,40-,41-,44?/m0/s1. The number of hydrogen-bond acceptors (Lipinski definition) is 8. The van der Waals surface area contributed by atoms with E-state index in [1.807, 2.05) is 12.1 Å². The van der Waals surface area contributed by atoms with Gasteiger partial charge in [0, 0.05) is 62.5 Å². The molecule has 328 valence electrons. The molecule has 1 aliphatic carbocycles. The van der Waals surface area contributed by atoms with E-state index in [0.717, 1.165) is 76.8 Å². The van der Waals surface area contributed by atoms with Crippen LogP contribution in [0, 0.1) is 23.6 Å².